The Morgan fingerprint density at radius 3 is 2.54 bits per heavy atom. The highest BCUT2D eigenvalue weighted by Crippen LogP contribution is 2.36. The first kappa shape index (κ1) is 26.1. The van der Waals surface area contributed by atoms with Gasteiger partial charge >= 0.3 is 12.0 Å². The summed E-state index contributed by atoms with van der Waals surface area (Å²) in [4.78, 5) is 25.6. The number of ether oxygens (including phenoxy) is 3. The van der Waals surface area contributed by atoms with Gasteiger partial charge in [0.2, 0.25) is 0 Å². The molecule has 0 aliphatic carbocycles. The van der Waals surface area contributed by atoms with Crippen molar-refractivity contribution in [2.75, 3.05) is 6.61 Å². The second-order valence-electron chi connectivity index (χ2n) is 8.50. The Morgan fingerprint density at radius 2 is 1.86 bits per heavy atom. The molecule has 1 aliphatic heterocycles. The van der Waals surface area contributed by atoms with E-state index >= 15 is 0 Å². The molecule has 2 aromatic rings. The maximum Gasteiger partial charge on any atom is 0.338 e. The summed E-state index contributed by atoms with van der Waals surface area (Å²) in [5.41, 5.74) is 2.00. The summed E-state index contributed by atoms with van der Waals surface area (Å²) in [6, 6.07) is 10.5. The van der Waals surface area contributed by atoms with Gasteiger partial charge in [-0.05, 0) is 57.4 Å². The lowest BCUT2D eigenvalue weighted by Gasteiger charge is -2.30. The van der Waals surface area contributed by atoms with Crippen LogP contribution in [0.15, 0.2) is 53.7 Å². The highest BCUT2D eigenvalue weighted by molar-refractivity contribution is 5.95. The molecule has 1 atom stereocenters. The number of unbranched alkanes of at least 4 members (excludes halogenated alkanes) is 1. The summed E-state index contributed by atoms with van der Waals surface area (Å²) < 4.78 is 31.2. The minimum atomic E-state index is -0.721. The summed E-state index contributed by atoms with van der Waals surface area (Å²) in [7, 11) is 0. The molecular formula is C27H33FN2O5. The highest BCUT2D eigenvalue weighted by atomic mass is 19.1. The first-order chi connectivity index (χ1) is 16.8. The fourth-order valence-corrected chi connectivity index (χ4v) is 3.80. The van der Waals surface area contributed by atoms with Crippen LogP contribution < -0.4 is 20.1 Å². The Morgan fingerprint density at radius 1 is 1.09 bits per heavy atom. The summed E-state index contributed by atoms with van der Waals surface area (Å²) in [6.07, 6.45) is 1.96. The van der Waals surface area contributed by atoms with Crippen LogP contribution in [0, 0.1) is 5.82 Å². The van der Waals surface area contributed by atoms with Crippen molar-refractivity contribution in [3.8, 4) is 11.5 Å². The van der Waals surface area contributed by atoms with Gasteiger partial charge in [0.25, 0.3) is 0 Å². The van der Waals surface area contributed by atoms with Gasteiger partial charge in [0, 0.05) is 11.3 Å². The lowest BCUT2D eigenvalue weighted by molar-refractivity contribution is -0.143. The molecule has 2 amide bonds. The van der Waals surface area contributed by atoms with Crippen molar-refractivity contribution >= 4 is 12.0 Å². The van der Waals surface area contributed by atoms with Crippen molar-refractivity contribution in [1.82, 2.24) is 10.6 Å². The number of carbonyl (C=O) groups excluding carboxylic acids is 2. The largest absolute Gasteiger partial charge is 0.490 e. The van der Waals surface area contributed by atoms with Crippen LogP contribution in [0.3, 0.4) is 0 Å². The first-order valence-electron chi connectivity index (χ1n) is 12.0. The molecule has 2 N–H and O–H groups in total. The Hall–Kier alpha value is -3.55. The van der Waals surface area contributed by atoms with Crippen molar-refractivity contribution < 1.29 is 28.2 Å². The van der Waals surface area contributed by atoms with E-state index in [0.29, 0.717) is 46.9 Å². The van der Waals surface area contributed by atoms with Crippen LogP contribution in [0.1, 0.15) is 64.1 Å². The minimum Gasteiger partial charge on any atom is -0.490 e. The topological polar surface area (TPSA) is 85.9 Å². The molecule has 35 heavy (non-hydrogen) atoms. The number of hydrogen-bond donors (Lipinski definition) is 2. The lowest BCUT2D eigenvalue weighted by Crippen LogP contribution is -2.46. The van der Waals surface area contributed by atoms with E-state index in [1.165, 1.54) is 6.07 Å². The number of amides is 2. The molecule has 3 rings (SSSR count). The monoisotopic (exact) mass is 484 g/mol. The summed E-state index contributed by atoms with van der Waals surface area (Å²) >= 11 is 0. The number of urea groups is 1. The van der Waals surface area contributed by atoms with E-state index in [4.69, 9.17) is 14.2 Å². The van der Waals surface area contributed by atoms with Crippen LogP contribution in [0.25, 0.3) is 0 Å². The fourth-order valence-electron chi connectivity index (χ4n) is 3.80. The standard InChI is InChI=1S/C27H33FN2O5/c1-5-7-12-21-24(26(31)35-17(3)4)25(30-27(32)29-21)18-13-14-22(23(15-18)33-6-2)34-16-19-10-8-9-11-20(19)28/h8-11,13-15,17,25H,5-7,12,16H2,1-4H3,(H2,29,30,32). The predicted octanol–water partition coefficient (Wildman–Crippen LogP) is 5.55. The Labute approximate surface area is 205 Å². The number of carbonyl (C=O) groups is 2. The Balaban J connectivity index is 1.96. The Kier molecular flexibility index (Phi) is 9.11. The molecule has 188 valence electrons. The summed E-state index contributed by atoms with van der Waals surface area (Å²) in [5, 5.41) is 5.63. The van der Waals surface area contributed by atoms with E-state index in [2.05, 4.69) is 10.6 Å². The maximum absolute atomic E-state index is 14.0. The molecule has 1 aliphatic rings. The molecule has 8 heteroatoms. The van der Waals surface area contributed by atoms with Crippen LogP contribution in [0.5, 0.6) is 11.5 Å². The van der Waals surface area contributed by atoms with Gasteiger partial charge < -0.3 is 24.8 Å². The molecule has 0 aromatic heterocycles. The molecule has 0 bridgehead atoms. The van der Waals surface area contributed by atoms with E-state index in [9.17, 15) is 14.0 Å². The smallest absolute Gasteiger partial charge is 0.338 e. The van der Waals surface area contributed by atoms with Gasteiger partial charge in [0.1, 0.15) is 12.4 Å². The number of nitrogens with one attached hydrogen (secondary N) is 2. The van der Waals surface area contributed by atoms with E-state index in [-0.39, 0.29) is 24.6 Å². The maximum atomic E-state index is 14.0. The van der Waals surface area contributed by atoms with Gasteiger partial charge in [-0.2, -0.15) is 0 Å². The van der Waals surface area contributed by atoms with Gasteiger partial charge in [-0.25, -0.2) is 14.0 Å². The second kappa shape index (κ2) is 12.2. The van der Waals surface area contributed by atoms with Crippen molar-refractivity contribution in [3.05, 3.63) is 70.7 Å². The van der Waals surface area contributed by atoms with Crippen molar-refractivity contribution in [2.45, 2.75) is 65.7 Å². The van der Waals surface area contributed by atoms with Crippen molar-refractivity contribution in [1.29, 1.82) is 0 Å². The number of halogens is 1. The lowest BCUT2D eigenvalue weighted by atomic mass is 9.93. The number of allylic oxidation sites excluding steroid dienone is 1. The molecule has 2 aromatic carbocycles. The molecule has 0 spiro atoms. The van der Waals surface area contributed by atoms with Crippen LogP contribution in [0.4, 0.5) is 9.18 Å². The van der Waals surface area contributed by atoms with Crippen LogP contribution in [-0.4, -0.2) is 24.7 Å². The molecule has 0 radical (unpaired) electrons. The number of benzene rings is 2. The minimum absolute atomic E-state index is 0.0310. The third kappa shape index (κ3) is 6.74. The second-order valence-corrected chi connectivity index (χ2v) is 8.50. The average Bonchev–Trinajstić information content (AvgIpc) is 2.82. The first-order valence-corrected chi connectivity index (χ1v) is 12.0. The highest BCUT2D eigenvalue weighted by Gasteiger charge is 2.34. The number of hydrogen-bond acceptors (Lipinski definition) is 5. The average molecular weight is 485 g/mol. The van der Waals surface area contributed by atoms with Gasteiger partial charge in [-0.3, -0.25) is 0 Å². The van der Waals surface area contributed by atoms with Gasteiger partial charge in [0.05, 0.1) is 24.3 Å². The molecular weight excluding hydrogens is 451 g/mol. The van der Waals surface area contributed by atoms with Crippen molar-refractivity contribution in [3.63, 3.8) is 0 Å². The third-order valence-corrected chi connectivity index (χ3v) is 5.44. The van der Waals surface area contributed by atoms with E-state index in [1.54, 1.807) is 50.2 Å². The SMILES string of the molecule is CCCCC1=C(C(=O)OC(C)C)C(c2ccc(OCc3ccccc3F)c(OCC)c2)NC(=O)N1. The fraction of sp³-hybridized carbons (Fsp3) is 0.407. The van der Waals surface area contributed by atoms with Gasteiger partial charge in [-0.1, -0.05) is 37.6 Å². The summed E-state index contributed by atoms with van der Waals surface area (Å²) in [6.45, 7) is 7.85. The number of esters is 1. The van der Waals surface area contributed by atoms with Crippen LogP contribution in [-0.2, 0) is 16.1 Å². The van der Waals surface area contributed by atoms with E-state index in [0.717, 1.165) is 12.8 Å². The zero-order valence-electron chi connectivity index (χ0n) is 20.7. The summed E-state index contributed by atoms with van der Waals surface area (Å²) in [5.74, 6) is 0.0282. The molecule has 7 nitrogen and oxygen atoms in total. The third-order valence-electron chi connectivity index (χ3n) is 5.44. The quantitative estimate of drug-likeness (QED) is 0.408. The zero-order valence-corrected chi connectivity index (χ0v) is 20.7. The van der Waals surface area contributed by atoms with Crippen LogP contribution >= 0.6 is 0 Å². The van der Waals surface area contributed by atoms with Crippen molar-refractivity contribution in [2.24, 2.45) is 0 Å². The molecule has 0 saturated heterocycles. The molecule has 0 saturated carbocycles. The molecule has 1 unspecified atom stereocenters. The van der Waals surface area contributed by atoms with E-state index < -0.39 is 12.0 Å². The van der Waals surface area contributed by atoms with Gasteiger partial charge in [0.15, 0.2) is 11.5 Å². The normalized spacial score (nSPS) is 15.5. The van der Waals surface area contributed by atoms with Crippen LogP contribution in [0.2, 0.25) is 0 Å². The van der Waals surface area contributed by atoms with E-state index in [1.807, 2.05) is 13.8 Å². The molecule has 0 fully saturated rings. The zero-order chi connectivity index (χ0) is 25.4. The Bertz CT molecular complexity index is 1080. The van der Waals surface area contributed by atoms with Gasteiger partial charge in [-0.15, -0.1) is 0 Å². The number of rotatable bonds is 11. The predicted molar refractivity (Wildman–Crippen MR) is 131 cm³/mol. The molecule has 1 heterocycles.